The van der Waals surface area contributed by atoms with Crippen LogP contribution in [0.4, 0.5) is 0 Å². The fourth-order valence-corrected chi connectivity index (χ4v) is 0. The summed E-state index contributed by atoms with van der Waals surface area (Å²) in [4.78, 5) is 0. The number of hydrogen-bond acceptors (Lipinski definition) is 0. The molecule has 0 aliphatic rings. The zero-order valence-corrected chi connectivity index (χ0v) is 5.36. The molecule has 0 nitrogen and oxygen atoms in total. The van der Waals surface area contributed by atoms with Gasteiger partial charge in [0.1, 0.15) is 0 Å². The molecule has 0 unspecified atom stereocenters. The van der Waals surface area contributed by atoms with Crippen molar-refractivity contribution in [2.45, 2.75) is 0 Å². The van der Waals surface area contributed by atoms with Crippen molar-refractivity contribution in [3.05, 3.63) is 0 Å². The van der Waals surface area contributed by atoms with Crippen molar-refractivity contribution in [1.29, 1.82) is 0 Å². The van der Waals surface area contributed by atoms with Crippen LogP contribution < -0.4 is 0 Å². The Morgan fingerprint density at radius 2 is 1.00 bits per heavy atom. The average molecular weight is 181 g/mol. The quantitative estimate of drug-likeness (QED) is 0.424. The predicted octanol–water partition coefficient (Wildman–Crippen LogP) is -0.924. The molecule has 0 bridgehead atoms. The third-order valence-corrected chi connectivity index (χ3v) is 0. The molecule has 0 aliphatic carbocycles. The Morgan fingerprint density at radius 3 is 1.00 bits per heavy atom. The Kier molecular flexibility index (Phi) is 135. The van der Waals surface area contributed by atoms with Gasteiger partial charge in [-0.05, 0) is 0 Å². The first-order valence-corrected chi connectivity index (χ1v) is 0. The molecule has 0 heterocycles. The van der Waals surface area contributed by atoms with E-state index in [1.807, 2.05) is 0 Å². The van der Waals surface area contributed by atoms with Crippen molar-refractivity contribution in [1.82, 2.24) is 0 Å². The van der Waals surface area contributed by atoms with Gasteiger partial charge in [0.05, 0.1) is 0 Å². The molecule has 4 heavy (non-hydrogen) atoms. The second-order valence-electron chi connectivity index (χ2n) is 0. The molecule has 0 aromatic rings. The second-order valence-corrected chi connectivity index (χ2v) is 0. The van der Waals surface area contributed by atoms with Crippen molar-refractivity contribution in [2.24, 2.45) is 0 Å². The summed E-state index contributed by atoms with van der Waals surface area (Å²) in [6, 6.07) is 0. The van der Waals surface area contributed by atoms with Gasteiger partial charge in [0.2, 0.25) is 0 Å². The molecule has 0 aromatic heterocycles. The summed E-state index contributed by atoms with van der Waals surface area (Å²) in [5.74, 6) is 0. The Bertz CT molecular complexity index is 8.00. The van der Waals surface area contributed by atoms with Crippen molar-refractivity contribution in [3.63, 3.8) is 0 Å². The van der Waals surface area contributed by atoms with E-state index in [2.05, 4.69) is 0 Å². The normalized spacial score (nSPS) is 0. The van der Waals surface area contributed by atoms with Gasteiger partial charge in [0.15, 0.2) is 0 Å². The molecule has 4 heteroatoms. The van der Waals surface area contributed by atoms with Crippen molar-refractivity contribution in [2.75, 3.05) is 0 Å². The van der Waals surface area contributed by atoms with E-state index in [0.29, 0.717) is 0 Å². The van der Waals surface area contributed by atoms with E-state index in [1.165, 1.54) is 0 Å². The van der Waals surface area contributed by atoms with Crippen LogP contribution in [0.25, 0.3) is 0 Å². The van der Waals surface area contributed by atoms with E-state index in [1.54, 1.807) is 0 Å². The van der Waals surface area contributed by atoms with Crippen LogP contribution in [-0.4, -0.2) is 23.1 Å². The van der Waals surface area contributed by atoms with Gasteiger partial charge in [0.25, 0.3) is 0 Å². The zero-order chi connectivity index (χ0) is 0. The molecule has 0 N–H and O–H groups in total. The average Bonchev–Trinajstić information content (AvgIpc) is 0. The van der Waals surface area contributed by atoms with Crippen LogP contribution in [0.5, 0.6) is 0 Å². The van der Waals surface area contributed by atoms with E-state index >= 15 is 0 Å². The maximum absolute atomic E-state index is 0. The van der Waals surface area contributed by atoms with Crippen molar-refractivity contribution < 1.29 is 57.3 Å². The summed E-state index contributed by atoms with van der Waals surface area (Å²) in [6.07, 6.45) is 0. The fourth-order valence-electron chi connectivity index (χ4n) is 0. The van der Waals surface area contributed by atoms with Gasteiger partial charge in [0, 0.05) is 57.3 Å². The molecule has 0 saturated carbocycles. The third kappa shape index (κ3) is 8.82. The molecule has 21 valence electrons. The van der Waals surface area contributed by atoms with Gasteiger partial charge in [-0.25, -0.2) is 0 Å². The minimum absolute atomic E-state index is 0. The first-order chi connectivity index (χ1) is 0. The van der Waals surface area contributed by atoms with Crippen molar-refractivity contribution >= 4 is 23.1 Å². The summed E-state index contributed by atoms with van der Waals surface area (Å²) >= 11 is 0. The molecule has 0 amide bonds. The summed E-state index contributed by atoms with van der Waals surface area (Å²) in [5.41, 5.74) is 0. The van der Waals surface area contributed by atoms with Crippen LogP contribution in [0.1, 0.15) is 0 Å². The van der Waals surface area contributed by atoms with Gasteiger partial charge in [-0.3, -0.25) is 0 Å². The van der Waals surface area contributed by atoms with Crippen LogP contribution in [0.15, 0.2) is 0 Å². The van der Waals surface area contributed by atoms with E-state index in [9.17, 15) is 0 Å². The zero-order valence-electron chi connectivity index (χ0n) is 1.30. The number of rotatable bonds is 0. The van der Waals surface area contributed by atoms with Gasteiger partial charge >= 0.3 is 23.1 Å². The molecule has 0 fully saturated rings. The van der Waals surface area contributed by atoms with E-state index < -0.39 is 0 Å². The van der Waals surface area contributed by atoms with Crippen LogP contribution in [0.3, 0.4) is 0 Å². The van der Waals surface area contributed by atoms with Gasteiger partial charge in [-0.15, -0.1) is 0 Å². The summed E-state index contributed by atoms with van der Waals surface area (Å²) in [7, 11) is 0. The molecular weight excluding hydrogens is 179 g/mol. The minimum atomic E-state index is 0. The maximum Gasteiger partial charge on any atom is 0.316 e. The van der Waals surface area contributed by atoms with E-state index in [4.69, 9.17) is 0 Å². The number of hydrogen-bond donors (Lipinski definition) is 0. The third-order valence-electron chi connectivity index (χ3n) is 0. The van der Waals surface area contributed by atoms with Crippen LogP contribution >= 0.6 is 0 Å². The molecule has 0 atom stereocenters. The van der Waals surface area contributed by atoms with Crippen LogP contribution in [-0.2, 0) is 57.3 Å². The largest absolute Gasteiger partial charge is 0.316 e. The fraction of sp³-hybridized carbons (Fsp3) is 0. The smallest absolute Gasteiger partial charge is 0 e. The minimum Gasteiger partial charge on any atom is 0 e. The second kappa shape index (κ2) is 17.6. The van der Waals surface area contributed by atoms with E-state index in [-0.39, 0.29) is 80.4 Å². The SMILES string of the molecule is [Fe].[MgH2].[Ti].[V]. The van der Waals surface area contributed by atoms with Gasteiger partial charge in [-0.1, -0.05) is 0 Å². The molecule has 0 rings (SSSR count). The first kappa shape index (κ1) is 30.7. The molecule has 0 saturated heterocycles. The Morgan fingerprint density at radius 1 is 1.00 bits per heavy atom. The summed E-state index contributed by atoms with van der Waals surface area (Å²) < 4.78 is 0. The topological polar surface area (TPSA) is 0 Å². The van der Waals surface area contributed by atoms with E-state index in [0.717, 1.165) is 0 Å². The van der Waals surface area contributed by atoms with Crippen LogP contribution in [0.2, 0.25) is 0 Å². The molecule has 1 radical (unpaired) electrons. The molecular formula is H2FeMgTiV. The first-order valence-electron chi connectivity index (χ1n) is 0. The predicted molar refractivity (Wildman–Crippen MR) is 8.54 cm³/mol. The maximum atomic E-state index is 0. The molecule has 0 aromatic carbocycles. The molecule has 0 aliphatic heterocycles. The Labute approximate surface area is 79.2 Å². The standard InChI is InChI=1S/Fe.Mg.Ti.V.2H. The van der Waals surface area contributed by atoms with Crippen molar-refractivity contribution in [3.8, 4) is 0 Å². The van der Waals surface area contributed by atoms with Crippen LogP contribution in [0, 0.1) is 0 Å². The van der Waals surface area contributed by atoms with Gasteiger partial charge in [-0.2, -0.15) is 0 Å². The monoisotopic (exact) mass is 181 g/mol. The Balaban J connectivity index is 0. The summed E-state index contributed by atoms with van der Waals surface area (Å²) in [6.45, 7) is 0. The van der Waals surface area contributed by atoms with Gasteiger partial charge < -0.3 is 0 Å². The Hall–Kier alpha value is 2.58. The molecule has 0 spiro atoms. The summed E-state index contributed by atoms with van der Waals surface area (Å²) in [5, 5.41) is 0.